The van der Waals surface area contributed by atoms with Crippen LogP contribution in [-0.2, 0) is 11.4 Å². The molecule has 26 heavy (non-hydrogen) atoms. The smallest absolute Gasteiger partial charge is 0.264 e. The molecule has 0 radical (unpaired) electrons. The molecule has 0 fully saturated rings. The van der Waals surface area contributed by atoms with Crippen LogP contribution in [0.1, 0.15) is 10.6 Å². The maximum Gasteiger partial charge on any atom is 0.264 e. The van der Waals surface area contributed by atoms with Crippen LogP contribution in [0.4, 0.5) is 5.13 Å². The van der Waals surface area contributed by atoms with Gasteiger partial charge in [-0.1, -0.05) is 41.1 Å². The Morgan fingerprint density at radius 2 is 1.96 bits per heavy atom. The Balaban J connectivity index is 1.48. The minimum absolute atomic E-state index is 0.0978. The average Bonchev–Trinajstić information content (AvgIpc) is 3.07. The number of anilines is 1. The third-order valence-electron chi connectivity index (χ3n) is 3.31. The number of aryl methyl sites for hydroxylation is 1. The molecule has 0 atom stereocenters. The monoisotopic (exact) mass is 389 g/mol. The first-order chi connectivity index (χ1) is 12.6. The van der Waals surface area contributed by atoms with Gasteiger partial charge in [0.2, 0.25) is 5.13 Å². The number of carbonyl (C=O) groups excluding carboxylic acids is 1. The molecule has 0 saturated carbocycles. The van der Waals surface area contributed by atoms with Crippen molar-refractivity contribution in [1.29, 1.82) is 0 Å². The normalized spacial score (nSPS) is 10.4. The number of carbonyl (C=O) groups is 1. The summed E-state index contributed by atoms with van der Waals surface area (Å²) in [6, 6.07) is 14.5. The van der Waals surface area contributed by atoms with Crippen molar-refractivity contribution in [3.63, 3.8) is 0 Å². The van der Waals surface area contributed by atoms with E-state index in [9.17, 15) is 4.79 Å². The molecule has 3 rings (SSSR count). The number of nitrogens with zero attached hydrogens (tertiary/aromatic N) is 2. The predicted octanol–water partition coefficient (Wildman–Crippen LogP) is 4.10. The molecule has 0 aliphatic carbocycles. The Kier molecular flexibility index (Phi) is 6.04. The van der Waals surface area contributed by atoms with Crippen molar-refractivity contribution in [3.05, 3.63) is 64.1 Å². The molecule has 6 nitrogen and oxygen atoms in total. The fraction of sp³-hybridized carbons (Fsp3) is 0.167. The number of hydrogen-bond acceptors (Lipinski definition) is 6. The molecular weight excluding hydrogens is 374 g/mol. The van der Waals surface area contributed by atoms with E-state index in [4.69, 9.17) is 21.1 Å². The first-order valence-corrected chi connectivity index (χ1v) is 8.98. The second-order valence-corrected chi connectivity index (χ2v) is 6.85. The van der Waals surface area contributed by atoms with Gasteiger partial charge in [-0.25, -0.2) is 0 Å². The van der Waals surface area contributed by atoms with E-state index in [0.717, 1.165) is 11.3 Å². The van der Waals surface area contributed by atoms with Gasteiger partial charge in [0, 0.05) is 5.02 Å². The molecule has 0 spiro atoms. The molecule has 1 aromatic heterocycles. The summed E-state index contributed by atoms with van der Waals surface area (Å²) in [5.74, 6) is 1.06. The summed E-state index contributed by atoms with van der Waals surface area (Å²) in [6.07, 6.45) is 0. The molecule has 0 bridgehead atoms. The molecule has 8 heteroatoms. The highest BCUT2D eigenvalue weighted by Gasteiger charge is 2.10. The van der Waals surface area contributed by atoms with Crippen LogP contribution in [0.15, 0.2) is 48.5 Å². The number of nitrogens with one attached hydrogen (secondary N) is 1. The molecule has 0 aliphatic heterocycles. The van der Waals surface area contributed by atoms with Gasteiger partial charge < -0.3 is 9.47 Å². The van der Waals surface area contributed by atoms with Crippen molar-refractivity contribution in [1.82, 2.24) is 10.2 Å². The van der Waals surface area contributed by atoms with E-state index in [1.165, 1.54) is 11.3 Å². The van der Waals surface area contributed by atoms with E-state index >= 15 is 0 Å². The number of amides is 1. The number of rotatable bonds is 7. The van der Waals surface area contributed by atoms with Crippen molar-refractivity contribution >= 4 is 34.0 Å². The van der Waals surface area contributed by atoms with Gasteiger partial charge in [-0.15, -0.1) is 10.2 Å². The standard InChI is InChI=1S/C18H16ClN3O3S/c1-12-9-13(19)7-8-15(12)25-11-17-21-22-18(26-17)20-16(23)10-24-14-5-3-2-4-6-14/h2-9H,10-11H2,1H3,(H,20,22,23). The number of aromatic nitrogens is 2. The SMILES string of the molecule is Cc1cc(Cl)ccc1OCc1nnc(NC(=O)COc2ccccc2)s1. The van der Waals surface area contributed by atoms with Gasteiger partial charge in [-0.2, -0.15) is 0 Å². The minimum atomic E-state index is -0.300. The highest BCUT2D eigenvalue weighted by Crippen LogP contribution is 2.24. The van der Waals surface area contributed by atoms with Gasteiger partial charge in [0.05, 0.1) is 0 Å². The number of para-hydroxylation sites is 1. The molecular formula is C18H16ClN3O3S. The summed E-state index contributed by atoms with van der Waals surface area (Å²) < 4.78 is 11.1. The van der Waals surface area contributed by atoms with Crippen LogP contribution >= 0.6 is 22.9 Å². The van der Waals surface area contributed by atoms with Gasteiger partial charge in [0.25, 0.3) is 5.91 Å². The van der Waals surface area contributed by atoms with E-state index in [2.05, 4.69) is 15.5 Å². The van der Waals surface area contributed by atoms with Gasteiger partial charge in [-0.05, 0) is 42.8 Å². The van der Waals surface area contributed by atoms with Crippen molar-refractivity contribution < 1.29 is 14.3 Å². The van der Waals surface area contributed by atoms with E-state index in [-0.39, 0.29) is 19.1 Å². The van der Waals surface area contributed by atoms with Gasteiger partial charge in [0.1, 0.15) is 18.1 Å². The molecule has 0 aliphatic rings. The fourth-order valence-electron chi connectivity index (χ4n) is 2.10. The quantitative estimate of drug-likeness (QED) is 0.658. The van der Waals surface area contributed by atoms with E-state index in [0.29, 0.717) is 20.9 Å². The first kappa shape index (κ1) is 18.2. The van der Waals surface area contributed by atoms with Gasteiger partial charge in [0.15, 0.2) is 11.6 Å². The summed E-state index contributed by atoms with van der Waals surface area (Å²) in [4.78, 5) is 11.9. The van der Waals surface area contributed by atoms with Gasteiger partial charge >= 0.3 is 0 Å². The molecule has 2 aromatic carbocycles. The molecule has 1 amide bonds. The van der Waals surface area contributed by atoms with Crippen LogP contribution in [0.25, 0.3) is 0 Å². The largest absolute Gasteiger partial charge is 0.486 e. The average molecular weight is 390 g/mol. The number of ether oxygens (including phenoxy) is 2. The lowest BCUT2D eigenvalue weighted by Gasteiger charge is -2.07. The topological polar surface area (TPSA) is 73.3 Å². The summed E-state index contributed by atoms with van der Waals surface area (Å²) in [5, 5.41) is 12.3. The Morgan fingerprint density at radius 1 is 1.15 bits per heavy atom. The molecule has 1 N–H and O–H groups in total. The third kappa shape index (κ3) is 5.18. The van der Waals surface area contributed by atoms with Crippen LogP contribution in [0.3, 0.4) is 0 Å². The number of benzene rings is 2. The van der Waals surface area contributed by atoms with Crippen LogP contribution in [0.2, 0.25) is 5.02 Å². The van der Waals surface area contributed by atoms with Crippen LogP contribution < -0.4 is 14.8 Å². The van der Waals surface area contributed by atoms with Crippen LogP contribution in [-0.4, -0.2) is 22.7 Å². The van der Waals surface area contributed by atoms with Crippen LogP contribution in [0, 0.1) is 6.92 Å². The zero-order valence-electron chi connectivity index (χ0n) is 13.9. The lowest BCUT2D eigenvalue weighted by atomic mass is 10.2. The molecule has 0 unspecified atom stereocenters. The lowest BCUT2D eigenvalue weighted by molar-refractivity contribution is -0.118. The molecule has 0 saturated heterocycles. The van der Waals surface area contributed by atoms with E-state index in [1.807, 2.05) is 37.3 Å². The van der Waals surface area contributed by atoms with Crippen LogP contribution in [0.5, 0.6) is 11.5 Å². The maximum absolute atomic E-state index is 11.9. The van der Waals surface area contributed by atoms with Crippen molar-refractivity contribution in [2.45, 2.75) is 13.5 Å². The number of hydrogen-bond donors (Lipinski definition) is 1. The Bertz CT molecular complexity index is 886. The fourth-order valence-corrected chi connectivity index (χ4v) is 2.99. The molecule has 134 valence electrons. The summed E-state index contributed by atoms with van der Waals surface area (Å²) >= 11 is 7.17. The minimum Gasteiger partial charge on any atom is -0.486 e. The van der Waals surface area contributed by atoms with Crippen molar-refractivity contribution in [2.75, 3.05) is 11.9 Å². The second-order valence-electron chi connectivity index (χ2n) is 5.35. The van der Waals surface area contributed by atoms with Crippen molar-refractivity contribution in [2.24, 2.45) is 0 Å². The first-order valence-electron chi connectivity index (χ1n) is 7.79. The molecule has 3 aromatic rings. The summed E-state index contributed by atoms with van der Waals surface area (Å²) in [7, 11) is 0. The van der Waals surface area contributed by atoms with Gasteiger partial charge in [-0.3, -0.25) is 10.1 Å². The lowest BCUT2D eigenvalue weighted by Crippen LogP contribution is -2.20. The van der Waals surface area contributed by atoms with E-state index < -0.39 is 0 Å². The highest BCUT2D eigenvalue weighted by atomic mass is 35.5. The van der Waals surface area contributed by atoms with E-state index in [1.54, 1.807) is 18.2 Å². The zero-order chi connectivity index (χ0) is 18.4. The Morgan fingerprint density at radius 3 is 2.73 bits per heavy atom. The zero-order valence-corrected chi connectivity index (χ0v) is 15.5. The summed E-state index contributed by atoms with van der Waals surface area (Å²) in [5.41, 5.74) is 0.939. The predicted molar refractivity (Wildman–Crippen MR) is 101 cm³/mol. The summed E-state index contributed by atoms with van der Waals surface area (Å²) in [6.45, 7) is 2.08. The highest BCUT2D eigenvalue weighted by molar-refractivity contribution is 7.15. The van der Waals surface area contributed by atoms with Crippen molar-refractivity contribution in [3.8, 4) is 11.5 Å². The number of halogens is 1. The Hall–Kier alpha value is -2.64. The third-order valence-corrected chi connectivity index (χ3v) is 4.36. The maximum atomic E-state index is 11.9. The Labute approximate surface area is 159 Å². The second kappa shape index (κ2) is 8.64. The molecule has 1 heterocycles.